The number of para-hydroxylation sites is 1. The maximum atomic E-state index is 12.4. The maximum Gasteiger partial charge on any atom is 0.238 e. The van der Waals surface area contributed by atoms with Gasteiger partial charge in [0.25, 0.3) is 0 Å². The molecule has 0 aliphatic heterocycles. The first kappa shape index (κ1) is 20.6. The molecule has 5 heteroatoms. The van der Waals surface area contributed by atoms with Crippen LogP contribution in [0.3, 0.4) is 0 Å². The van der Waals surface area contributed by atoms with Crippen molar-refractivity contribution < 1.29 is 9.59 Å². The molecule has 0 heterocycles. The van der Waals surface area contributed by atoms with E-state index < -0.39 is 0 Å². The minimum Gasteiger partial charge on any atom is -0.325 e. The fourth-order valence-corrected chi connectivity index (χ4v) is 2.90. The van der Waals surface area contributed by atoms with Gasteiger partial charge in [0.15, 0.2) is 0 Å². The van der Waals surface area contributed by atoms with E-state index in [0.29, 0.717) is 5.92 Å². The number of amides is 2. The zero-order valence-corrected chi connectivity index (χ0v) is 16.8. The Kier molecular flexibility index (Phi) is 7.13. The summed E-state index contributed by atoms with van der Waals surface area (Å²) in [6.45, 7) is 8.48. The van der Waals surface area contributed by atoms with Gasteiger partial charge in [0, 0.05) is 11.4 Å². The van der Waals surface area contributed by atoms with Crippen LogP contribution in [0.25, 0.3) is 0 Å². The third kappa shape index (κ3) is 6.22. The second-order valence-corrected chi connectivity index (χ2v) is 7.33. The highest BCUT2D eigenvalue weighted by Gasteiger charge is 2.15. The normalized spacial score (nSPS) is 10.9. The first-order valence-corrected chi connectivity index (χ1v) is 9.20. The molecule has 0 saturated heterocycles. The van der Waals surface area contributed by atoms with Crippen LogP contribution in [-0.4, -0.2) is 36.9 Å². The van der Waals surface area contributed by atoms with Gasteiger partial charge in [0.1, 0.15) is 0 Å². The molecule has 0 radical (unpaired) electrons. The summed E-state index contributed by atoms with van der Waals surface area (Å²) >= 11 is 0. The van der Waals surface area contributed by atoms with Crippen LogP contribution < -0.4 is 10.6 Å². The van der Waals surface area contributed by atoms with Crippen LogP contribution in [0.4, 0.5) is 11.4 Å². The number of anilines is 2. The predicted molar refractivity (Wildman–Crippen MR) is 111 cm³/mol. The molecular weight excluding hydrogens is 338 g/mol. The Labute approximate surface area is 161 Å². The molecule has 0 aliphatic carbocycles. The highest BCUT2D eigenvalue weighted by Crippen LogP contribution is 2.27. The zero-order valence-electron chi connectivity index (χ0n) is 16.8. The Balaban J connectivity index is 1.90. The van der Waals surface area contributed by atoms with Gasteiger partial charge in [-0.05, 0) is 50.1 Å². The molecular formula is C22H29N3O2. The fraction of sp³-hybridized carbons (Fsp3) is 0.364. The third-order valence-corrected chi connectivity index (χ3v) is 4.35. The van der Waals surface area contributed by atoms with Gasteiger partial charge in [-0.15, -0.1) is 0 Å². The Morgan fingerprint density at radius 3 is 2.11 bits per heavy atom. The van der Waals surface area contributed by atoms with Gasteiger partial charge >= 0.3 is 0 Å². The number of aryl methyl sites for hydroxylation is 2. The summed E-state index contributed by atoms with van der Waals surface area (Å²) in [5.41, 5.74) is 4.91. The molecule has 2 rings (SSSR count). The second-order valence-electron chi connectivity index (χ2n) is 7.33. The lowest BCUT2D eigenvalue weighted by molar-refractivity contribution is -0.119. The summed E-state index contributed by atoms with van der Waals surface area (Å²) in [7, 11) is 1.76. The SMILES string of the molecule is Cc1ccc(NC(=O)CN(C)CC(=O)Nc2c(C)cccc2C(C)C)cc1. The number of hydrogen-bond acceptors (Lipinski definition) is 3. The summed E-state index contributed by atoms with van der Waals surface area (Å²) in [4.78, 5) is 26.3. The molecule has 0 unspecified atom stereocenters. The number of carbonyl (C=O) groups is 2. The van der Waals surface area contributed by atoms with E-state index in [1.165, 1.54) is 0 Å². The minimum absolute atomic E-state index is 0.128. The standard InChI is InChI=1S/C22H29N3O2/c1-15(2)19-8-6-7-17(4)22(19)24-21(27)14-25(5)13-20(26)23-18-11-9-16(3)10-12-18/h6-12,15H,13-14H2,1-5H3,(H,23,26)(H,24,27). The summed E-state index contributed by atoms with van der Waals surface area (Å²) in [5, 5.41) is 5.85. The van der Waals surface area contributed by atoms with Gasteiger partial charge < -0.3 is 10.6 Å². The number of likely N-dealkylation sites (N-methyl/N-ethyl adjacent to an activating group) is 1. The minimum atomic E-state index is -0.145. The first-order valence-electron chi connectivity index (χ1n) is 9.20. The van der Waals surface area contributed by atoms with Crippen LogP contribution in [0, 0.1) is 13.8 Å². The summed E-state index contributed by atoms with van der Waals surface area (Å²) in [5.74, 6) is 0.0444. The van der Waals surface area contributed by atoms with E-state index in [1.54, 1.807) is 11.9 Å². The highest BCUT2D eigenvalue weighted by molar-refractivity contribution is 5.95. The molecule has 2 amide bonds. The number of rotatable bonds is 7. The molecule has 0 fully saturated rings. The van der Waals surface area contributed by atoms with Gasteiger partial charge in [-0.25, -0.2) is 0 Å². The Morgan fingerprint density at radius 1 is 0.926 bits per heavy atom. The molecule has 0 aromatic heterocycles. The van der Waals surface area contributed by atoms with Crippen molar-refractivity contribution in [2.24, 2.45) is 0 Å². The van der Waals surface area contributed by atoms with Crippen LogP contribution in [0.15, 0.2) is 42.5 Å². The Bertz CT molecular complexity index is 798. The average molecular weight is 367 g/mol. The predicted octanol–water partition coefficient (Wildman–Crippen LogP) is 3.94. The molecule has 0 atom stereocenters. The topological polar surface area (TPSA) is 61.4 Å². The second kappa shape index (κ2) is 9.33. The number of nitrogens with one attached hydrogen (secondary N) is 2. The van der Waals surface area contributed by atoms with Crippen molar-refractivity contribution in [3.05, 3.63) is 59.2 Å². The van der Waals surface area contributed by atoms with Crippen molar-refractivity contribution in [1.82, 2.24) is 4.90 Å². The maximum absolute atomic E-state index is 12.4. The van der Waals surface area contributed by atoms with Crippen molar-refractivity contribution in [3.63, 3.8) is 0 Å². The summed E-state index contributed by atoms with van der Waals surface area (Å²) < 4.78 is 0. The summed E-state index contributed by atoms with van der Waals surface area (Å²) in [6.07, 6.45) is 0. The van der Waals surface area contributed by atoms with Crippen molar-refractivity contribution in [2.45, 2.75) is 33.6 Å². The lowest BCUT2D eigenvalue weighted by atomic mass is 9.98. The molecule has 2 aromatic rings. The van der Waals surface area contributed by atoms with Gasteiger partial charge in [-0.1, -0.05) is 49.7 Å². The Morgan fingerprint density at radius 2 is 1.52 bits per heavy atom. The largest absolute Gasteiger partial charge is 0.325 e. The molecule has 0 saturated carbocycles. The van der Waals surface area contributed by atoms with Crippen LogP contribution >= 0.6 is 0 Å². The molecule has 27 heavy (non-hydrogen) atoms. The van der Waals surface area contributed by atoms with Gasteiger partial charge in [0.05, 0.1) is 13.1 Å². The van der Waals surface area contributed by atoms with Crippen molar-refractivity contribution in [2.75, 3.05) is 30.8 Å². The van der Waals surface area contributed by atoms with Crippen LogP contribution in [0.2, 0.25) is 0 Å². The van der Waals surface area contributed by atoms with E-state index in [9.17, 15) is 9.59 Å². The van der Waals surface area contributed by atoms with Crippen LogP contribution in [0.1, 0.15) is 36.5 Å². The monoisotopic (exact) mass is 367 g/mol. The lowest BCUT2D eigenvalue weighted by Crippen LogP contribution is -2.36. The van der Waals surface area contributed by atoms with E-state index in [4.69, 9.17) is 0 Å². The average Bonchev–Trinajstić information content (AvgIpc) is 2.58. The third-order valence-electron chi connectivity index (χ3n) is 4.35. The molecule has 2 N–H and O–H groups in total. The fourth-order valence-electron chi connectivity index (χ4n) is 2.90. The molecule has 144 valence electrons. The van der Waals surface area contributed by atoms with Crippen LogP contribution in [0.5, 0.6) is 0 Å². The molecule has 2 aromatic carbocycles. The van der Waals surface area contributed by atoms with E-state index >= 15 is 0 Å². The molecule has 0 bridgehead atoms. The van der Waals surface area contributed by atoms with Gasteiger partial charge in [-0.2, -0.15) is 0 Å². The van der Waals surface area contributed by atoms with E-state index in [2.05, 4.69) is 24.5 Å². The molecule has 0 spiro atoms. The van der Waals surface area contributed by atoms with Crippen molar-refractivity contribution in [3.8, 4) is 0 Å². The molecule has 5 nitrogen and oxygen atoms in total. The van der Waals surface area contributed by atoms with Gasteiger partial charge in [-0.3, -0.25) is 14.5 Å². The van der Waals surface area contributed by atoms with E-state index in [0.717, 1.165) is 28.1 Å². The Hall–Kier alpha value is -2.66. The molecule has 0 aliphatic rings. The van der Waals surface area contributed by atoms with E-state index in [1.807, 2.05) is 56.3 Å². The number of benzene rings is 2. The van der Waals surface area contributed by atoms with Crippen molar-refractivity contribution in [1.29, 1.82) is 0 Å². The zero-order chi connectivity index (χ0) is 20.0. The highest BCUT2D eigenvalue weighted by atomic mass is 16.2. The van der Waals surface area contributed by atoms with Gasteiger partial charge in [0.2, 0.25) is 11.8 Å². The number of carbonyl (C=O) groups excluding carboxylic acids is 2. The number of nitrogens with zero attached hydrogens (tertiary/aromatic N) is 1. The smallest absolute Gasteiger partial charge is 0.238 e. The van der Waals surface area contributed by atoms with Crippen molar-refractivity contribution >= 4 is 23.2 Å². The summed E-state index contributed by atoms with van der Waals surface area (Å²) in [6, 6.07) is 13.6. The number of hydrogen-bond donors (Lipinski definition) is 2. The first-order chi connectivity index (χ1) is 12.8. The van der Waals surface area contributed by atoms with E-state index in [-0.39, 0.29) is 24.9 Å². The van der Waals surface area contributed by atoms with Crippen LogP contribution in [-0.2, 0) is 9.59 Å². The lowest BCUT2D eigenvalue weighted by Gasteiger charge is -2.19. The quantitative estimate of drug-likeness (QED) is 0.779.